The SMILES string of the molecule is Cc1cc(OCC(=O)NC(C)(C)CCC(=O)O)cc(C)c1Cl. The monoisotopic (exact) mass is 327 g/mol. The van der Waals surface area contributed by atoms with Crippen molar-refractivity contribution >= 4 is 23.5 Å². The summed E-state index contributed by atoms with van der Waals surface area (Å²) in [5.41, 5.74) is 1.18. The Labute approximate surface area is 135 Å². The fraction of sp³-hybridized carbons (Fsp3) is 0.500. The molecule has 0 aliphatic heterocycles. The minimum absolute atomic E-state index is 0.00368. The van der Waals surface area contributed by atoms with Crippen molar-refractivity contribution in [3.05, 3.63) is 28.3 Å². The summed E-state index contributed by atoms with van der Waals surface area (Å²) in [5.74, 6) is -0.593. The number of halogens is 1. The van der Waals surface area contributed by atoms with Crippen molar-refractivity contribution in [2.75, 3.05) is 6.61 Å². The van der Waals surface area contributed by atoms with Crippen LogP contribution >= 0.6 is 11.6 Å². The van der Waals surface area contributed by atoms with Crippen molar-refractivity contribution < 1.29 is 19.4 Å². The summed E-state index contributed by atoms with van der Waals surface area (Å²) in [6.45, 7) is 7.18. The third kappa shape index (κ3) is 5.93. The number of nitrogens with one attached hydrogen (secondary N) is 1. The third-order valence-electron chi connectivity index (χ3n) is 3.22. The van der Waals surface area contributed by atoms with Crippen molar-refractivity contribution in [1.29, 1.82) is 0 Å². The van der Waals surface area contributed by atoms with Crippen LogP contribution in [0.5, 0.6) is 5.75 Å². The zero-order chi connectivity index (χ0) is 16.9. The molecule has 0 aromatic heterocycles. The lowest BCUT2D eigenvalue weighted by atomic mass is 9.98. The van der Waals surface area contributed by atoms with Crippen molar-refractivity contribution in [3.8, 4) is 5.75 Å². The highest BCUT2D eigenvalue weighted by atomic mass is 35.5. The Morgan fingerprint density at radius 2 is 1.82 bits per heavy atom. The van der Waals surface area contributed by atoms with Gasteiger partial charge in [-0.15, -0.1) is 0 Å². The lowest BCUT2D eigenvalue weighted by molar-refractivity contribution is -0.138. The summed E-state index contributed by atoms with van der Waals surface area (Å²) < 4.78 is 5.47. The molecule has 1 aromatic rings. The number of carboxylic acid groups (broad SMARTS) is 1. The van der Waals surface area contributed by atoms with Crippen LogP contribution in [-0.2, 0) is 9.59 Å². The maximum atomic E-state index is 11.9. The molecule has 0 aliphatic rings. The first-order chi connectivity index (χ1) is 10.1. The zero-order valence-corrected chi connectivity index (χ0v) is 14.1. The number of amides is 1. The van der Waals surface area contributed by atoms with Gasteiger partial charge in [0.25, 0.3) is 5.91 Å². The second kappa shape index (κ2) is 7.49. The van der Waals surface area contributed by atoms with Gasteiger partial charge >= 0.3 is 5.97 Å². The summed E-state index contributed by atoms with van der Waals surface area (Å²) in [6, 6.07) is 3.55. The first kappa shape index (κ1) is 18.3. The molecule has 0 unspecified atom stereocenters. The Bertz CT molecular complexity index is 546. The molecule has 0 aliphatic carbocycles. The number of aryl methyl sites for hydroxylation is 2. The van der Waals surface area contributed by atoms with Crippen LogP contribution in [0.25, 0.3) is 0 Å². The van der Waals surface area contributed by atoms with E-state index in [0.717, 1.165) is 11.1 Å². The molecule has 6 heteroatoms. The van der Waals surface area contributed by atoms with Crippen LogP contribution in [0.1, 0.15) is 37.8 Å². The van der Waals surface area contributed by atoms with Gasteiger partial charge in [-0.2, -0.15) is 0 Å². The van der Waals surface area contributed by atoms with Crippen LogP contribution in [0.4, 0.5) is 0 Å². The Morgan fingerprint density at radius 1 is 1.27 bits per heavy atom. The van der Waals surface area contributed by atoms with E-state index >= 15 is 0 Å². The van der Waals surface area contributed by atoms with E-state index in [4.69, 9.17) is 21.4 Å². The molecular weight excluding hydrogens is 306 g/mol. The lowest BCUT2D eigenvalue weighted by Crippen LogP contribution is -2.45. The van der Waals surface area contributed by atoms with Gasteiger partial charge in [-0.1, -0.05) is 11.6 Å². The van der Waals surface area contributed by atoms with Gasteiger partial charge in [-0.3, -0.25) is 9.59 Å². The molecule has 1 amide bonds. The van der Waals surface area contributed by atoms with Crippen molar-refractivity contribution in [1.82, 2.24) is 5.32 Å². The quantitative estimate of drug-likeness (QED) is 0.807. The summed E-state index contributed by atoms with van der Waals surface area (Å²) in [6.07, 6.45) is 0.358. The first-order valence-electron chi connectivity index (χ1n) is 7.03. The van der Waals surface area contributed by atoms with E-state index < -0.39 is 11.5 Å². The Hall–Kier alpha value is -1.75. The smallest absolute Gasteiger partial charge is 0.303 e. The van der Waals surface area contributed by atoms with E-state index in [9.17, 15) is 9.59 Å². The number of carboxylic acids is 1. The van der Waals surface area contributed by atoms with E-state index in [0.29, 0.717) is 17.2 Å². The van der Waals surface area contributed by atoms with Crippen molar-refractivity contribution in [2.45, 2.75) is 46.1 Å². The van der Waals surface area contributed by atoms with Gasteiger partial charge < -0.3 is 15.2 Å². The Balaban J connectivity index is 2.54. The van der Waals surface area contributed by atoms with Crippen molar-refractivity contribution in [3.63, 3.8) is 0 Å². The summed E-state index contributed by atoms with van der Waals surface area (Å²) in [5, 5.41) is 12.1. The van der Waals surface area contributed by atoms with Crippen LogP contribution in [-0.4, -0.2) is 29.1 Å². The number of hydrogen-bond donors (Lipinski definition) is 2. The molecule has 2 N–H and O–H groups in total. The van der Waals surface area contributed by atoms with Gasteiger partial charge in [0.15, 0.2) is 6.61 Å². The van der Waals surface area contributed by atoms with Crippen LogP contribution in [0.2, 0.25) is 5.02 Å². The van der Waals surface area contributed by atoms with Gasteiger partial charge in [-0.25, -0.2) is 0 Å². The number of carbonyl (C=O) groups is 2. The molecule has 0 saturated heterocycles. The van der Waals surface area contributed by atoms with Gasteiger partial charge in [-0.05, 0) is 57.4 Å². The fourth-order valence-corrected chi connectivity index (χ4v) is 2.14. The number of rotatable bonds is 7. The fourth-order valence-electron chi connectivity index (χ4n) is 2.03. The molecule has 0 bridgehead atoms. The zero-order valence-electron chi connectivity index (χ0n) is 13.3. The molecule has 5 nitrogen and oxygen atoms in total. The van der Waals surface area contributed by atoms with Crippen LogP contribution < -0.4 is 10.1 Å². The minimum atomic E-state index is -0.884. The molecule has 0 fully saturated rings. The summed E-state index contributed by atoms with van der Waals surface area (Å²) >= 11 is 6.08. The molecule has 1 aromatic carbocycles. The van der Waals surface area contributed by atoms with Crippen LogP contribution in [0.15, 0.2) is 12.1 Å². The first-order valence-corrected chi connectivity index (χ1v) is 7.41. The van der Waals surface area contributed by atoms with Crippen LogP contribution in [0, 0.1) is 13.8 Å². The summed E-state index contributed by atoms with van der Waals surface area (Å²) in [4.78, 5) is 22.5. The second-order valence-electron chi connectivity index (χ2n) is 5.99. The number of benzene rings is 1. The highest BCUT2D eigenvalue weighted by molar-refractivity contribution is 6.32. The average Bonchev–Trinajstić information content (AvgIpc) is 2.40. The average molecular weight is 328 g/mol. The van der Waals surface area contributed by atoms with E-state index in [1.165, 1.54) is 0 Å². The highest BCUT2D eigenvalue weighted by Gasteiger charge is 2.21. The number of ether oxygens (including phenoxy) is 1. The standard InChI is InChI=1S/C16H22ClNO4/c1-10-7-12(8-11(2)15(10)17)22-9-13(19)18-16(3,4)6-5-14(20)21/h7-8H,5-6,9H2,1-4H3,(H,18,19)(H,20,21). The Morgan fingerprint density at radius 3 is 2.32 bits per heavy atom. The Kier molecular flexibility index (Phi) is 6.23. The molecule has 0 radical (unpaired) electrons. The van der Waals surface area contributed by atoms with E-state index in [1.54, 1.807) is 26.0 Å². The predicted octanol–water partition coefficient (Wildman–Crippen LogP) is 3.10. The normalized spacial score (nSPS) is 11.1. The largest absolute Gasteiger partial charge is 0.484 e. The molecule has 0 spiro atoms. The molecule has 122 valence electrons. The predicted molar refractivity (Wildman–Crippen MR) is 85.5 cm³/mol. The number of aliphatic carboxylic acids is 1. The van der Waals surface area contributed by atoms with Crippen molar-refractivity contribution in [2.24, 2.45) is 0 Å². The summed E-state index contributed by atoms with van der Waals surface area (Å²) in [7, 11) is 0. The second-order valence-corrected chi connectivity index (χ2v) is 6.36. The maximum absolute atomic E-state index is 11.9. The van der Waals surface area contributed by atoms with E-state index in [-0.39, 0.29) is 18.9 Å². The molecule has 0 atom stereocenters. The van der Waals surface area contributed by atoms with Gasteiger partial charge in [0.05, 0.1) is 0 Å². The molecule has 0 heterocycles. The molecule has 22 heavy (non-hydrogen) atoms. The highest BCUT2D eigenvalue weighted by Crippen LogP contribution is 2.25. The lowest BCUT2D eigenvalue weighted by Gasteiger charge is -2.25. The van der Waals surface area contributed by atoms with Gasteiger partial charge in [0, 0.05) is 17.0 Å². The molecular formula is C16H22ClNO4. The van der Waals surface area contributed by atoms with Gasteiger partial charge in [0.2, 0.25) is 0 Å². The van der Waals surface area contributed by atoms with E-state index in [1.807, 2.05) is 13.8 Å². The third-order valence-corrected chi connectivity index (χ3v) is 3.82. The van der Waals surface area contributed by atoms with Gasteiger partial charge in [0.1, 0.15) is 5.75 Å². The topological polar surface area (TPSA) is 75.6 Å². The minimum Gasteiger partial charge on any atom is -0.484 e. The number of carbonyl (C=O) groups excluding carboxylic acids is 1. The van der Waals surface area contributed by atoms with E-state index in [2.05, 4.69) is 5.32 Å². The molecule has 1 rings (SSSR count). The number of hydrogen-bond acceptors (Lipinski definition) is 3. The van der Waals surface area contributed by atoms with Crippen LogP contribution in [0.3, 0.4) is 0 Å². The maximum Gasteiger partial charge on any atom is 0.303 e. The molecule has 0 saturated carbocycles.